The number of thiocarbonyl (C=S) groups is 1. The first-order valence-electron chi connectivity index (χ1n) is 14.0. The van der Waals surface area contributed by atoms with Gasteiger partial charge in [-0.05, 0) is 24.4 Å². The molecule has 15 nitrogen and oxygen atoms in total. The van der Waals surface area contributed by atoms with Crippen molar-refractivity contribution < 1.29 is 61.3 Å². The molecule has 1 atom stereocenters. The topological polar surface area (TPSA) is 162 Å². The predicted molar refractivity (Wildman–Crippen MR) is 168 cm³/mol. The van der Waals surface area contributed by atoms with Crippen LogP contribution in [-0.4, -0.2) is 92.7 Å². The average Bonchev–Trinajstić information content (AvgIpc) is 3.20. The van der Waals surface area contributed by atoms with Crippen LogP contribution in [0.25, 0.3) is 0 Å². The lowest BCUT2D eigenvalue weighted by Crippen LogP contribution is -2.35. The quantitative estimate of drug-likeness (QED) is 0.243. The summed E-state index contributed by atoms with van der Waals surface area (Å²) in [5.74, 6) is -6.34. The molecule has 1 N–H and O–H groups in total. The number of hydrogen-bond acceptors (Lipinski definition) is 13. The number of ether oxygens (including phenoxy) is 5. The van der Waals surface area contributed by atoms with E-state index in [1.54, 1.807) is 0 Å². The fraction of sp³-hybridized carbons (Fsp3) is 0.400. The van der Waals surface area contributed by atoms with Crippen molar-refractivity contribution >= 4 is 58.7 Å². The minimum absolute atomic E-state index is 0. The van der Waals surface area contributed by atoms with Crippen LogP contribution in [0.1, 0.15) is 38.6 Å². The highest BCUT2D eigenvalue weighted by Crippen LogP contribution is 2.40. The van der Waals surface area contributed by atoms with Gasteiger partial charge in [-0.25, -0.2) is 18.6 Å². The Balaban J connectivity index is 0.00000625. The Labute approximate surface area is 279 Å². The summed E-state index contributed by atoms with van der Waals surface area (Å²) in [4.78, 5) is 69.0. The zero-order valence-corrected chi connectivity index (χ0v) is 26.4. The number of hydrogen-bond donors (Lipinski definition) is 1. The third kappa shape index (κ3) is 9.03. The maximum Gasteiger partial charge on any atom is 0.414 e. The molecule has 0 unspecified atom stereocenters. The van der Waals surface area contributed by atoms with Crippen LogP contribution >= 0.6 is 12.2 Å². The Bertz CT molecular complexity index is 1550. The van der Waals surface area contributed by atoms with Gasteiger partial charge in [0.15, 0.2) is 23.1 Å². The number of anilines is 2. The number of halogens is 2. The zero-order chi connectivity index (χ0) is 34.4. The van der Waals surface area contributed by atoms with Crippen molar-refractivity contribution in [2.75, 3.05) is 56.2 Å². The first-order valence-corrected chi connectivity index (χ1v) is 14.4. The molecule has 18 heteroatoms. The Morgan fingerprint density at radius 3 is 2.06 bits per heavy atom. The fourth-order valence-electron chi connectivity index (χ4n) is 4.70. The molecule has 2 aromatic carbocycles. The van der Waals surface area contributed by atoms with Gasteiger partial charge in [-0.3, -0.25) is 28.9 Å². The van der Waals surface area contributed by atoms with E-state index in [0.717, 1.165) is 55.0 Å². The maximum atomic E-state index is 15.4. The summed E-state index contributed by atoms with van der Waals surface area (Å²) >= 11 is 4.89. The smallest absolute Gasteiger partial charge is 0.414 e. The lowest BCUT2D eigenvalue weighted by Gasteiger charge is -2.24. The SMILES string of the molecule is C.COC(=S)NC[C@H]1CN(c2cc(F)c(N3CCON(C(=O)c4cc(OC(C)=O)c(OC(C)=O)c(OC(C)=O)c4)CC3)c(F)c2)C(=O)O1. The molecule has 2 amide bonds. The molecule has 4 rings (SSSR count). The second-order valence-electron chi connectivity index (χ2n) is 10.1. The molecule has 2 heterocycles. The lowest BCUT2D eigenvalue weighted by molar-refractivity contribution is -0.135. The summed E-state index contributed by atoms with van der Waals surface area (Å²) in [6.07, 6.45) is -1.45. The number of cyclic esters (lactones) is 1. The van der Waals surface area contributed by atoms with E-state index in [4.69, 9.17) is 40.7 Å². The Hall–Kier alpha value is -5.10. The lowest BCUT2D eigenvalue weighted by atomic mass is 10.1. The van der Waals surface area contributed by atoms with Gasteiger partial charge in [0.25, 0.3) is 11.1 Å². The summed E-state index contributed by atoms with van der Waals surface area (Å²) in [5, 5.41) is 3.77. The molecule has 0 saturated carbocycles. The monoisotopic (exact) mass is 696 g/mol. The van der Waals surface area contributed by atoms with E-state index in [-0.39, 0.29) is 74.7 Å². The summed E-state index contributed by atoms with van der Waals surface area (Å²) in [7, 11) is 1.37. The number of benzene rings is 2. The highest BCUT2D eigenvalue weighted by atomic mass is 32.1. The highest BCUT2D eigenvalue weighted by molar-refractivity contribution is 7.80. The average molecular weight is 697 g/mol. The number of rotatable bonds is 8. The summed E-state index contributed by atoms with van der Waals surface area (Å²) in [6.45, 7) is 2.87. The van der Waals surface area contributed by atoms with Crippen LogP contribution in [0.15, 0.2) is 24.3 Å². The molecule has 2 aliphatic heterocycles. The van der Waals surface area contributed by atoms with Gasteiger partial charge in [0, 0.05) is 51.6 Å². The van der Waals surface area contributed by atoms with Crippen molar-refractivity contribution in [3.63, 3.8) is 0 Å². The van der Waals surface area contributed by atoms with Crippen molar-refractivity contribution in [3.8, 4) is 17.2 Å². The van der Waals surface area contributed by atoms with Crippen LogP contribution in [0, 0.1) is 11.6 Å². The van der Waals surface area contributed by atoms with Gasteiger partial charge < -0.3 is 33.9 Å². The molecular weight excluding hydrogens is 662 g/mol. The van der Waals surface area contributed by atoms with E-state index >= 15 is 8.78 Å². The predicted octanol–water partition coefficient (Wildman–Crippen LogP) is 3.12. The number of nitrogens with zero attached hydrogens (tertiary/aromatic N) is 3. The van der Waals surface area contributed by atoms with E-state index in [9.17, 15) is 24.0 Å². The second-order valence-corrected chi connectivity index (χ2v) is 10.4. The second kappa shape index (κ2) is 16.1. The van der Waals surface area contributed by atoms with E-state index in [0.29, 0.717) is 0 Å². The van der Waals surface area contributed by atoms with Crippen LogP contribution < -0.4 is 29.3 Å². The molecule has 0 aliphatic carbocycles. The molecule has 0 radical (unpaired) electrons. The number of esters is 3. The van der Waals surface area contributed by atoms with Gasteiger partial charge in [-0.15, -0.1) is 0 Å². The van der Waals surface area contributed by atoms with Crippen LogP contribution in [0.5, 0.6) is 17.2 Å². The van der Waals surface area contributed by atoms with Gasteiger partial charge in [0.2, 0.25) is 5.75 Å². The number of hydroxylamine groups is 2. The first kappa shape index (κ1) is 37.4. The van der Waals surface area contributed by atoms with Gasteiger partial charge in [-0.2, -0.15) is 0 Å². The number of carbonyl (C=O) groups is 5. The molecule has 48 heavy (non-hydrogen) atoms. The summed E-state index contributed by atoms with van der Waals surface area (Å²) < 4.78 is 56.2. The van der Waals surface area contributed by atoms with Crippen molar-refractivity contribution in [1.82, 2.24) is 10.4 Å². The van der Waals surface area contributed by atoms with Gasteiger partial charge >= 0.3 is 24.0 Å². The molecule has 2 aromatic rings. The summed E-state index contributed by atoms with van der Waals surface area (Å²) in [5.41, 5.74) is -0.640. The minimum Gasteiger partial charge on any atom is -0.474 e. The van der Waals surface area contributed by atoms with E-state index < -0.39 is 59.1 Å². The van der Waals surface area contributed by atoms with Crippen LogP contribution in [0.3, 0.4) is 0 Å². The zero-order valence-electron chi connectivity index (χ0n) is 25.6. The first-order chi connectivity index (χ1) is 22.3. The van der Waals surface area contributed by atoms with Crippen molar-refractivity contribution in [2.24, 2.45) is 0 Å². The number of methoxy groups -OCH3 is 1. The normalized spacial score (nSPS) is 15.8. The van der Waals surface area contributed by atoms with Gasteiger partial charge in [0.1, 0.15) is 11.8 Å². The molecule has 260 valence electrons. The molecule has 2 aliphatic rings. The molecular formula is C30H34F2N4O11S. The minimum atomic E-state index is -0.965. The third-order valence-corrected chi connectivity index (χ3v) is 6.90. The fourth-order valence-corrected chi connectivity index (χ4v) is 4.78. The van der Waals surface area contributed by atoms with Crippen LogP contribution in [-0.2, 0) is 28.7 Å². The maximum absolute atomic E-state index is 15.4. The molecule has 2 saturated heterocycles. The molecule has 0 aromatic heterocycles. The van der Waals surface area contributed by atoms with Crippen molar-refractivity contribution in [2.45, 2.75) is 34.3 Å². The summed E-state index contributed by atoms with van der Waals surface area (Å²) in [6, 6.07) is 4.19. The van der Waals surface area contributed by atoms with E-state index in [1.807, 2.05) is 0 Å². The molecule has 2 fully saturated rings. The highest BCUT2D eigenvalue weighted by Gasteiger charge is 2.34. The van der Waals surface area contributed by atoms with E-state index in [1.165, 1.54) is 12.0 Å². The number of nitrogens with one attached hydrogen (secondary N) is 1. The van der Waals surface area contributed by atoms with Gasteiger partial charge in [0.05, 0.1) is 39.0 Å². The molecule has 0 bridgehead atoms. The van der Waals surface area contributed by atoms with Crippen molar-refractivity contribution in [3.05, 3.63) is 41.5 Å². The van der Waals surface area contributed by atoms with Crippen LogP contribution in [0.2, 0.25) is 0 Å². The Morgan fingerprint density at radius 2 is 1.52 bits per heavy atom. The number of carbonyl (C=O) groups excluding carboxylic acids is 5. The Morgan fingerprint density at radius 1 is 0.938 bits per heavy atom. The molecule has 0 spiro atoms. The van der Waals surface area contributed by atoms with Crippen molar-refractivity contribution in [1.29, 1.82) is 0 Å². The number of amides is 2. The van der Waals surface area contributed by atoms with E-state index in [2.05, 4.69) is 5.32 Å². The largest absolute Gasteiger partial charge is 0.474 e. The third-order valence-electron chi connectivity index (χ3n) is 6.59. The standard InChI is InChI=1S/C29H30F2N4O11S.CH4/c1-15(36)43-23-9-18(10-24(44-16(2)37)26(23)45-17(3)38)27(39)35-6-5-33(7-8-42-35)25-21(30)11-19(12-22(25)31)34-14-20(46-29(34)40)13-32-28(47)41-4;/h9-12,20H,5-8,13-14H2,1-4H3,(H,32,47);1H4/t20-;/m0./s1. The van der Waals surface area contributed by atoms with Gasteiger partial charge in [-0.1, -0.05) is 7.43 Å². The Kier molecular flexibility index (Phi) is 12.6. The van der Waals surface area contributed by atoms with Crippen LogP contribution in [0.4, 0.5) is 25.0 Å².